The third-order valence-electron chi connectivity index (χ3n) is 7.05. The van der Waals surface area contributed by atoms with Gasteiger partial charge in [-0.25, -0.2) is 0 Å². The second kappa shape index (κ2) is 3.32. The molecule has 5 unspecified atom stereocenters. The molecule has 1 heterocycles. The molecule has 5 fully saturated rings. The number of rotatable bonds is 2. The molecule has 5 aliphatic rings. The summed E-state index contributed by atoms with van der Waals surface area (Å²) in [4.78, 5) is 2.90. The number of nitrogens with zero attached hydrogens (tertiary/aromatic N) is 1. The van der Waals surface area contributed by atoms with E-state index in [4.69, 9.17) is 0 Å². The molecule has 18 heavy (non-hydrogen) atoms. The average Bonchev–Trinajstić information content (AvgIpc) is 3.27. The van der Waals surface area contributed by atoms with E-state index in [1.165, 1.54) is 32.5 Å². The van der Waals surface area contributed by atoms with Gasteiger partial charge < -0.3 is 5.32 Å². The van der Waals surface area contributed by atoms with Crippen LogP contribution >= 0.6 is 0 Å². The molecule has 100 valence electrons. The summed E-state index contributed by atoms with van der Waals surface area (Å²) in [5.41, 5.74) is 0.453. The second-order valence-electron chi connectivity index (χ2n) is 8.07. The Hall–Kier alpha value is -0.0800. The summed E-state index contributed by atoms with van der Waals surface area (Å²) in [5, 5.41) is 3.83. The molecule has 0 spiro atoms. The molecule has 2 heteroatoms. The number of hydrogen-bond donors (Lipinski definition) is 1. The SMILES string of the molecule is CC1(C2CC2)CN(C2C3C4CCC(C4)C32)CCN1. The topological polar surface area (TPSA) is 15.3 Å². The fourth-order valence-corrected chi connectivity index (χ4v) is 6.06. The van der Waals surface area contributed by atoms with Crippen molar-refractivity contribution in [3.63, 3.8) is 0 Å². The van der Waals surface area contributed by atoms with Crippen LogP contribution in [0.3, 0.4) is 0 Å². The molecule has 4 saturated carbocycles. The molecule has 1 aliphatic heterocycles. The summed E-state index contributed by atoms with van der Waals surface area (Å²) in [6.07, 6.45) is 7.67. The Kier molecular flexibility index (Phi) is 1.97. The Morgan fingerprint density at radius 3 is 2.44 bits per heavy atom. The molecule has 0 aromatic heterocycles. The van der Waals surface area contributed by atoms with Gasteiger partial charge in [-0.1, -0.05) is 0 Å². The van der Waals surface area contributed by atoms with E-state index in [0.29, 0.717) is 5.54 Å². The molecule has 1 N–H and O–H groups in total. The minimum Gasteiger partial charge on any atom is -0.309 e. The van der Waals surface area contributed by atoms with Crippen LogP contribution in [0.4, 0.5) is 0 Å². The Morgan fingerprint density at radius 1 is 1.06 bits per heavy atom. The summed E-state index contributed by atoms with van der Waals surface area (Å²) >= 11 is 0. The van der Waals surface area contributed by atoms with Crippen molar-refractivity contribution in [3.8, 4) is 0 Å². The van der Waals surface area contributed by atoms with E-state index in [9.17, 15) is 0 Å². The molecule has 0 radical (unpaired) electrons. The van der Waals surface area contributed by atoms with Crippen molar-refractivity contribution in [1.29, 1.82) is 0 Å². The molecule has 2 nitrogen and oxygen atoms in total. The minimum atomic E-state index is 0.453. The lowest BCUT2D eigenvalue weighted by atomic mass is 9.92. The summed E-state index contributed by atoms with van der Waals surface area (Å²) in [6, 6.07) is 1.01. The normalized spacial score (nSPS) is 58.8. The lowest BCUT2D eigenvalue weighted by Crippen LogP contribution is -2.61. The van der Waals surface area contributed by atoms with E-state index in [-0.39, 0.29) is 0 Å². The number of hydrogen-bond acceptors (Lipinski definition) is 2. The third kappa shape index (κ3) is 1.31. The van der Waals surface area contributed by atoms with E-state index in [1.807, 2.05) is 0 Å². The summed E-state index contributed by atoms with van der Waals surface area (Å²) in [5.74, 6) is 5.50. The molecule has 2 bridgehead atoms. The zero-order chi connectivity index (χ0) is 11.9. The first kappa shape index (κ1) is 10.7. The monoisotopic (exact) mass is 246 g/mol. The predicted molar refractivity (Wildman–Crippen MR) is 72.3 cm³/mol. The highest BCUT2D eigenvalue weighted by Crippen LogP contribution is 2.67. The zero-order valence-electron chi connectivity index (χ0n) is 11.6. The van der Waals surface area contributed by atoms with Gasteiger partial charge in [0, 0.05) is 31.2 Å². The molecule has 1 saturated heterocycles. The minimum absolute atomic E-state index is 0.453. The lowest BCUT2D eigenvalue weighted by molar-refractivity contribution is 0.104. The van der Waals surface area contributed by atoms with Crippen molar-refractivity contribution in [2.75, 3.05) is 19.6 Å². The van der Waals surface area contributed by atoms with Crippen molar-refractivity contribution in [2.24, 2.45) is 29.6 Å². The van der Waals surface area contributed by atoms with Gasteiger partial charge in [0.2, 0.25) is 0 Å². The Bertz CT molecular complexity index is 361. The number of piperazine rings is 1. The maximum absolute atomic E-state index is 3.83. The van der Waals surface area contributed by atoms with E-state index in [1.54, 1.807) is 19.3 Å². The van der Waals surface area contributed by atoms with Crippen LogP contribution in [0.1, 0.15) is 39.0 Å². The standard InChI is InChI=1S/C16H26N2/c1-16(12-4-5-12)9-18(7-6-17-16)15-13-10-2-3-11(8-10)14(13)15/h10-15,17H,2-9H2,1H3. The van der Waals surface area contributed by atoms with Gasteiger partial charge in [-0.05, 0) is 68.6 Å². The largest absolute Gasteiger partial charge is 0.309 e. The van der Waals surface area contributed by atoms with Crippen LogP contribution in [-0.2, 0) is 0 Å². The quantitative estimate of drug-likeness (QED) is 0.803. The predicted octanol–water partition coefficient (Wildman–Crippen LogP) is 2.10. The summed E-state index contributed by atoms with van der Waals surface area (Å²) < 4.78 is 0. The van der Waals surface area contributed by atoms with Gasteiger partial charge in [-0.3, -0.25) is 4.90 Å². The second-order valence-corrected chi connectivity index (χ2v) is 8.07. The van der Waals surface area contributed by atoms with Crippen LogP contribution < -0.4 is 5.32 Å². The van der Waals surface area contributed by atoms with Crippen molar-refractivity contribution in [1.82, 2.24) is 10.2 Å². The highest BCUT2D eigenvalue weighted by Gasteiger charge is 2.67. The van der Waals surface area contributed by atoms with Crippen LogP contribution in [0, 0.1) is 29.6 Å². The van der Waals surface area contributed by atoms with Gasteiger partial charge in [0.25, 0.3) is 0 Å². The zero-order valence-corrected chi connectivity index (χ0v) is 11.6. The first-order valence-corrected chi connectivity index (χ1v) is 8.25. The fraction of sp³-hybridized carbons (Fsp3) is 1.00. The van der Waals surface area contributed by atoms with Crippen LogP contribution in [0.15, 0.2) is 0 Å². The van der Waals surface area contributed by atoms with Gasteiger partial charge in [0.1, 0.15) is 0 Å². The van der Waals surface area contributed by atoms with Crippen molar-refractivity contribution in [2.45, 2.75) is 50.6 Å². The van der Waals surface area contributed by atoms with E-state index < -0.39 is 0 Å². The average molecular weight is 246 g/mol. The Balaban J connectivity index is 1.33. The lowest BCUT2D eigenvalue weighted by Gasteiger charge is -2.43. The van der Waals surface area contributed by atoms with E-state index in [0.717, 1.165) is 35.6 Å². The van der Waals surface area contributed by atoms with Crippen LogP contribution in [0.5, 0.6) is 0 Å². The highest BCUT2D eigenvalue weighted by atomic mass is 15.3. The maximum Gasteiger partial charge on any atom is 0.0309 e. The van der Waals surface area contributed by atoms with E-state index in [2.05, 4.69) is 17.1 Å². The van der Waals surface area contributed by atoms with Crippen molar-refractivity contribution in [3.05, 3.63) is 0 Å². The first-order chi connectivity index (χ1) is 8.76. The maximum atomic E-state index is 3.83. The molecule has 5 rings (SSSR count). The third-order valence-corrected chi connectivity index (χ3v) is 7.05. The first-order valence-electron chi connectivity index (χ1n) is 8.25. The molecule has 0 aromatic carbocycles. The van der Waals surface area contributed by atoms with Gasteiger partial charge >= 0.3 is 0 Å². The molecular formula is C16H26N2. The molecule has 4 aliphatic carbocycles. The van der Waals surface area contributed by atoms with Crippen LogP contribution in [-0.4, -0.2) is 36.1 Å². The summed E-state index contributed by atoms with van der Waals surface area (Å²) in [7, 11) is 0. The number of fused-ring (bicyclic) bond motifs is 5. The van der Waals surface area contributed by atoms with Gasteiger partial charge in [0.05, 0.1) is 0 Å². The van der Waals surface area contributed by atoms with Gasteiger partial charge in [-0.15, -0.1) is 0 Å². The van der Waals surface area contributed by atoms with E-state index >= 15 is 0 Å². The smallest absolute Gasteiger partial charge is 0.0309 e. The molecule has 5 atom stereocenters. The fourth-order valence-electron chi connectivity index (χ4n) is 6.06. The summed E-state index contributed by atoms with van der Waals surface area (Å²) in [6.45, 7) is 6.38. The Morgan fingerprint density at radius 2 is 1.78 bits per heavy atom. The molecule has 0 aromatic rings. The van der Waals surface area contributed by atoms with Crippen molar-refractivity contribution >= 4 is 0 Å². The number of nitrogens with one attached hydrogen (secondary N) is 1. The van der Waals surface area contributed by atoms with Gasteiger partial charge in [-0.2, -0.15) is 0 Å². The van der Waals surface area contributed by atoms with Crippen LogP contribution in [0.25, 0.3) is 0 Å². The molecular weight excluding hydrogens is 220 g/mol. The highest BCUT2D eigenvalue weighted by molar-refractivity contribution is 5.19. The van der Waals surface area contributed by atoms with Crippen LogP contribution in [0.2, 0.25) is 0 Å². The van der Waals surface area contributed by atoms with Crippen molar-refractivity contribution < 1.29 is 0 Å². The molecule has 0 amide bonds. The van der Waals surface area contributed by atoms with Gasteiger partial charge in [0.15, 0.2) is 0 Å². The Labute approximate surface area is 110 Å².